The molecule has 0 bridgehead atoms. The lowest BCUT2D eigenvalue weighted by Gasteiger charge is -2.22. The lowest BCUT2D eigenvalue weighted by Crippen LogP contribution is -2.11. The number of benzene rings is 3. The summed E-state index contributed by atoms with van der Waals surface area (Å²) >= 11 is 3.31. The van der Waals surface area contributed by atoms with E-state index in [2.05, 4.69) is 21.0 Å². The van der Waals surface area contributed by atoms with Crippen LogP contribution in [0.1, 0.15) is 0 Å². The van der Waals surface area contributed by atoms with Crippen molar-refractivity contribution in [3.63, 3.8) is 0 Å². The van der Waals surface area contributed by atoms with Gasteiger partial charge in [-0.3, -0.25) is 5.09 Å². The Bertz CT molecular complexity index is 848. The van der Waals surface area contributed by atoms with Gasteiger partial charge in [-0.2, -0.15) is 0 Å². The Labute approximate surface area is 157 Å². The first kappa shape index (κ1) is 18.4. The Morgan fingerprint density at radius 1 is 0.769 bits per heavy atom. The highest BCUT2D eigenvalue weighted by molar-refractivity contribution is 9.10. The van der Waals surface area contributed by atoms with Crippen molar-refractivity contribution in [3.05, 3.63) is 88.9 Å². The minimum atomic E-state index is -4.23. The lowest BCUT2D eigenvalue weighted by atomic mass is 10.3. The first-order valence-electron chi connectivity index (χ1n) is 7.48. The SMILES string of the molecule is O=P(Nc1ccccc1Br)(Oc1ccccc1F)Oc1ccccc1F. The van der Waals surface area contributed by atoms with Gasteiger partial charge in [0.1, 0.15) is 0 Å². The van der Waals surface area contributed by atoms with Gasteiger partial charge in [-0.25, -0.2) is 13.3 Å². The average molecular weight is 440 g/mol. The summed E-state index contributed by atoms with van der Waals surface area (Å²) in [5.74, 6) is -2.02. The van der Waals surface area contributed by atoms with E-state index in [0.717, 1.165) is 12.1 Å². The molecule has 3 aromatic rings. The van der Waals surface area contributed by atoms with E-state index >= 15 is 0 Å². The van der Waals surface area contributed by atoms with Crippen LogP contribution in [-0.2, 0) is 4.57 Å². The monoisotopic (exact) mass is 439 g/mol. The molecule has 3 rings (SSSR count). The van der Waals surface area contributed by atoms with Crippen molar-refractivity contribution in [1.82, 2.24) is 0 Å². The minimum Gasteiger partial charge on any atom is -0.397 e. The molecule has 0 spiro atoms. The van der Waals surface area contributed by atoms with Gasteiger partial charge < -0.3 is 9.05 Å². The molecule has 1 N–H and O–H groups in total. The second-order valence-corrected chi connectivity index (χ2v) is 7.57. The van der Waals surface area contributed by atoms with Crippen LogP contribution in [0.15, 0.2) is 77.3 Å². The highest BCUT2D eigenvalue weighted by atomic mass is 79.9. The fraction of sp³-hybridized carbons (Fsp3) is 0. The highest BCUT2D eigenvalue weighted by Gasteiger charge is 2.31. The molecule has 0 amide bonds. The van der Waals surface area contributed by atoms with Crippen molar-refractivity contribution >= 4 is 29.4 Å². The lowest BCUT2D eigenvalue weighted by molar-refractivity contribution is 0.373. The van der Waals surface area contributed by atoms with Gasteiger partial charge in [-0.05, 0) is 52.3 Å². The number of halogens is 3. The fourth-order valence-electron chi connectivity index (χ4n) is 2.06. The van der Waals surface area contributed by atoms with Gasteiger partial charge >= 0.3 is 7.75 Å². The van der Waals surface area contributed by atoms with E-state index in [9.17, 15) is 13.3 Å². The number of anilines is 1. The molecule has 0 aliphatic heterocycles. The summed E-state index contributed by atoms with van der Waals surface area (Å²) in [5.41, 5.74) is 0.378. The first-order valence-corrected chi connectivity index (χ1v) is 9.81. The number of hydrogen-bond acceptors (Lipinski definition) is 3. The van der Waals surface area contributed by atoms with Crippen molar-refractivity contribution in [1.29, 1.82) is 0 Å². The first-order chi connectivity index (χ1) is 12.5. The number of rotatable bonds is 6. The van der Waals surface area contributed by atoms with Crippen LogP contribution >= 0.6 is 23.7 Å². The van der Waals surface area contributed by atoms with E-state index < -0.39 is 19.4 Å². The molecule has 134 valence electrons. The molecule has 0 aliphatic carbocycles. The van der Waals surface area contributed by atoms with Crippen molar-refractivity contribution in [2.24, 2.45) is 0 Å². The van der Waals surface area contributed by atoms with Crippen molar-refractivity contribution in [3.8, 4) is 11.5 Å². The van der Waals surface area contributed by atoms with E-state index in [1.54, 1.807) is 24.3 Å². The van der Waals surface area contributed by atoms with E-state index in [-0.39, 0.29) is 11.5 Å². The Morgan fingerprint density at radius 3 is 1.73 bits per heavy atom. The highest BCUT2D eigenvalue weighted by Crippen LogP contribution is 2.50. The molecule has 8 heteroatoms. The van der Waals surface area contributed by atoms with Gasteiger partial charge in [0.05, 0.1) is 5.69 Å². The summed E-state index contributed by atoms with van der Waals surface area (Å²) in [4.78, 5) is 0. The molecular weight excluding hydrogens is 427 g/mol. The van der Waals surface area contributed by atoms with Crippen molar-refractivity contribution < 1.29 is 22.4 Å². The zero-order valence-corrected chi connectivity index (χ0v) is 15.7. The van der Waals surface area contributed by atoms with Gasteiger partial charge in [-0.15, -0.1) is 0 Å². The van der Waals surface area contributed by atoms with Crippen LogP contribution in [0.2, 0.25) is 0 Å². The number of nitrogens with one attached hydrogen (secondary N) is 1. The van der Waals surface area contributed by atoms with Gasteiger partial charge in [0.15, 0.2) is 23.1 Å². The summed E-state index contributed by atoms with van der Waals surface area (Å²) in [6.45, 7) is 0. The summed E-state index contributed by atoms with van der Waals surface area (Å²) in [5, 5.41) is 2.61. The normalized spacial score (nSPS) is 11.0. The average Bonchev–Trinajstić information content (AvgIpc) is 2.61. The molecule has 3 aromatic carbocycles. The standard InChI is InChI=1S/C18H13BrF2NO3P/c19-13-7-1-4-10-16(13)22-26(23,24-17-11-5-2-8-14(17)20)25-18-12-6-3-9-15(18)21/h1-12H,(H,22,23). The topological polar surface area (TPSA) is 47.6 Å². The third-order valence-corrected chi connectivity index (χ3v) is 5.32. The Kier molecular flexibility index (Phi) is 5.59. The second-order valence-electron chi connectivity index (χ2n) is 5.13. The molecule has 0 fully saturated rings. The Morgan fingerprint density at radius 2 is 1.23 bits per heavy atom. The van der Waals surface area contributed by atoms with E-state index in [0.29, 0.717) is 10.2 Å². The fourth-order valence-corrected chi connectivity index (χ4v) is 4.03. The largest absolute Gasteiger partial charge is 0.541 e. The second kappa shape index (κ2) is 7.89. The molecule has 0 heterocycles. The predicted octanol–water partition coefficient (Wildman–Crippen LogP) is 6.41. The zero-order valence-electron chi connectivity index (χ0n) is 13.2. The zero-order chi connectivity index (χ0) is 18.6. The van der Waals surface area contributed by atoms with Gasteiger partial charge in [-0.1, -0.05) is 36.4 Å². The maximum absolute atomic E-state index is 13.9. The third kappa shape index (κ3) is 4.42. The van der Waals surface area contributed by atoms with Crippen LogP contribution in [0, 0.1) is 11.6 Å². The van der Waals surface area contributed by atoms with E-state index in [1.807, 2.05) is 0 Å². The molecule has 0 aromatic heterocycles. The van der Waals surface area contributed by atoms with Crippen LogP contribution in [0.4, 0.5) is 14.5 Å². The molecule has 0 saturated heterocycles. The van der Waals surface area contributed by atoms with Crippen LogP contribution in [-0.4, -0.2) is 0 Å². The molecule has 0 unspecified atom stereocenters. The molecular formula is C18H13BrF2NO3P. The summed E-state index contributed by atoms with van der Waals surface area (Å²) in [6.07, 6.45) is 0. The Hall–Kier alpha value is -2.37. The number of para-hydroxylation sites is 3. The minimum absolute atomic E-state index is 0.285. The molecule has 0 aliphatic rings. The Balaban J connectivity index is 1.97. The molecule has 0 saturated carbocycles. The van der Waals surface area contributed by atoms with Crippen LogP contribution in [0.3, 0.4) is 0 Å². The predicted molar refractivity (Wildman–Crippen MR) is 99.4 cm³/mol. The van der Waals surface area contributed by atoms with Crippen molar-refractivity contribution in [2.75, 3.05) is 5.09 Å². The molecule has 26 heavy (non-hydrogen) atoms. The van der Waals surface area contributed by atoms with E-state index in [4.69, 9.17) is 9.05 Å². The van der Waals surface area contributed by atoms with Crippen LogP contribution in [0.5, 0.6) is 11.5 Å². The van der Waals surface area contributed by atoms with Gasteiger partial charge in [0, 0.05) is 4.47 Å². The quantitative estimate of drug-likeness (QED) is 0.451. The van der Waals surface area contributed by atoms with Gasteiger partial charge in [0.2, 0.25) is 0 Å². The summed E-state index contributed by atoms with van der Waals surface area (Å²) < 4.78 is 52.4. The summed E-state index contributed by atoms with van der Waals surface area (Å²) in [7, 11) is -4.23. The smallest absolute Gasteiger partial charge is 0.397 e. The van der Waals surface area contributed by atoms with Crippen molar-refractivity contribution in [2.45, 2.75) is 0 Å². The maximum Gasteiger partial charge on any atom is 0.541 e. The molecule has 4 nitrogen and oxygen atoms in total. The molecule has 0 atom stereocenters. The van der Waals surface area contributed by atoms with Crippen LogP contribution in [0.25, 0.3) is 0 Å². The van der Waals surface area contributed by atoms with Gasteiger partial charge in [0.25, 0.3) is 0 Å². The number of hydrogen-bond donors (Lipinski definition) is 1. The van der Waals surface area contributed by atoms with E-state index in [1.165, 1.54) is 36.4 Å². The molecule has 0 radical (unpaired) electrons. The third-order valence-electron chi connectivity index (χ3n) is 3.24. The van der Waals surface area contributed by atoms with Crippen LogP contribution < -0.4 is 14.1 Å². The summed E-state index contributed by atoms with van der Waals surface area (Å²) in [6, 6.07) is 17.7. The maximum atomic E-state index is 13.9.